The predicted molar refractivity (Wildman–Crippen MR) is 68.2 cm³/mol. The highest BCUT2D eigenvalue weighted by Gasteiger charge is 2.18. The van der Waals surface area contributed by atoms with Crippen molar-refractivity contribution in [3.05, 3.63) is 5.28 Å². The maximum atomic E-state index is 11.6. The zero-order valence-corrected chi connectivity index (χ0v) is 11.7. The van der Waals surface area contributed by atoms with Crippen LogP contribution in [-0.2, 0) is 0 Å². The van der Waals surface area contributed by atoms with E-state index in [0.717, 1.165) is 0 Å². The number of carbonyl (C=O) groups excluding carboxylic acids is 1. The molecule has 9 heteroatoms. The maximum Gasteiger partial charge on any atom is 0.416 e. The number of carbonyl (C=O) groups is 1. The summed E-state index contributed by atoms with van der Waals surface area (Å²) in [5.74, 6) is 0.000556. The van der Waals surface area contributed by atoms with Crippen LogP contribution in [0.4, 0.5) is 4.79 Å². The largest absolute Gasteiger partial charge is 0.416 e. The molecular formula is C10H13ClN6O2. The topological polar surface area (TPSA) is 86.0 Å². The zero-order valence-electron chi connectivity index (χ0n) is 11.0. The third-order valence-corrected chi connectivity index (χ3v) is 2.39. The molecular weight excluding hydrogens is 272 g/mol. The SMILES string of the molecule is CC(C)n1nc2nc(Cl)nc(OC(=O)N(C)C)c2n1. The monoisotopic (exact) mass is 284 g/mol. The fourth-order valence-electron chi connectivity index (χ4n) is 1.25. The molecule has 2 rings (SSSR count). The summed E-state index contributed by atoms with van der Waals surface area (Å²) < 4.78 is 5.10. The van der Waals surface area contributed by atoms with Crippen LogP contribution in [-0.4, -0.2) is 50.1 Å². The Bertz CT molecular complexity index is 624. The molecule has 0 unspecified atom stereocenters. The van der Waals surface area contributed by atoms with E-state index >= 15 is 0 Å². The molecule has 0 radical (unpaired) electrons. The Balaban J connectivity index is 2.50. The number of nitrogens with zero attached hydrogens (tertiary/aromatic N) is 6. The van der Waals surface area contributed by atoms with Crippen LogP contribution in [0, 0.1) is 0 Å². The summed E-state index contributed by atoms with van der Waals surface area (Å²) in [6.45, 7) is 3.83. The minimum absolute atomic E-state index is 0.000556. The molecule has 0 saturated heterocycles. The Morgan fingerprint density at radius 2 is 2.00 bits per heavy atom. The van der Waals surface area contributed by atoms with E-state index in [4.69, 9.17) is 16.3 Å². The predicted octanol–water partition coefficient (Wildman–Crippen LogP) is 1.52. The summed E-state index contributed by atoms with van der Waals surface area (Å²) in [6.07, 6.45) is -0.574. The van der Waals surface area contributed by atoms with E-state index < -0.39 is 6.09 Å². The second-order valence-electron chi connectivity index (χ2n) is 4.35. The van der Waals surface area contributed by atoms with Crippen molar-refractivity contribution in [2.45, 2.75) is 19.9 Å². The highest BCUT2D eigenvalue weighted by molar-refractivity contribution is 6.28. The van der Waals surface area contributed by atoms with Crippen LogP contribution in [0.1, 0.15) is 19.9 Å². The van der Waals surface area contributed by atoms with Crippen molar-refractivity contribution in [1.29, 1.82) is 0 Å². The lowest BCUT2D eigenvalue weighted by Gasteiger charge is -2.09. The van der Waals surface area contributed by atoms with Crippen molar-refractivity contribution < 1.29 is 9.53 Å². The fraction of sp³-hybridized carbons (Fsp3) is 0.500. The van der Waals surface area contributed by atoms with Crippen LogP contribution in [0.25, 0.3) is 11.2 Å². The van der Waals surface area contributed by atoms with Gasteiger partial charge in [-0.2, -0.15) is 14.8 Å². The molecule has 2 heterocycles. The molecule has 0 atom stereocenters. The van der Waals surface area contributed by atoms with E-state index in [9.17, 15) is 4.79 Å². The second-order valence-corrected chi connectivity index (χ2v) is 4.68. The van der Waals surface area contributed by atoms with Gasteiger partial charge in [-0.25, -0.2) is 4.79 Å². The summed E-state index contributed by atoms with van der Waals surface area (Å²) in [6, 6.07) is 0.0466. The van der Waals surface area contributed by atoms with Gasteiger partial charge in [0.2, 0.25) is 10.9 Å². The third kappa shape index (κ3) is 2.73. The Morgan fingerprint density at radius 3 is 2.58 bits per heavy atom. The summed E-state index contributed by atoms with van der Waals surface area (Å²) in [7, 11) is 3.13. The molecule has 0 aromatic carbocycles. The molecule has 0 aliphatic carbocycles. The molecule has 19 heavy (non-hydrogen) atoms. The number of halogens is 1. The standard InChI is InChI=1S/C10H13ClN6O2/c1-5(2)17-14-6-7(15-17)12-9(11)13-8(6)19-10(18)16(3)4/h5H,1-4H3. The fourth-order valence-corrected chi connectivity index (χ4v) is 1.41. The first-order valence-corrected chi connectivity index (χ1v) is 5.95. The van der Waals surface area contributed by atoms with E-state index in [1.54, 1.807) is 14.1 Å². The average molecular weight is 285 g/mol. The Hall–Kier alpha value is -1.96. The quantitative estimate of drug-likeness (QED) is 0.777. The van der Waals surface area contributed by atoms with E-state index in [0.29, 0.717) is 5.52 Å². The van der Waals surface area contributed by atoms with Gasteiger partial charge >= 0.3 is 6.09 Å². The normalized spacial score (nSPS) is 11.1. The molecule has 8 nitrogen and oxygen atoms in total. The van der Waals surface area contributed by atoms with Crippen molar-refractivity contribution in [3.8, 4) is 5.88 Å². The number of amides is 1. The number of rotatable bonds is 2. The number of ether oxygens (including phenoxy) is 1. The highest BCUT2D eigenvalue weighted by Crippen LogP contribution is 2.22. The van der Waals surface area contributed by atoms with Gasteiger partial charge in [-0.3, -0.25) is 0 Å². The molecule has 1 amide bonds. The van der Waals surface area contributed by atoms with Gasteiger partial charge in [-0.15, -0.1) is 10.2 Å². The van der Waals surface area contributed by atoms with Crippen molar-refractivity contribution in [3.63, 3.8) is 0 Å². The molecule has 0 spiro atoms. The Labute approximate surface area is 114 Å². The lowest BCUT2D eigenvalue weighted by molar-refractivity contribution is 0.170. The van der Waals surface area contributed by atoms with Crippen LogP contribution in [0.15, 0.2) is 0 Å². The molecule has 0 aliphatic rings. The summed E-state index contributed by atoms with van der Waals surface area (Å²) >= 11 is 5.77. The number of hydrogen-bond acceptors (Lipinski definition) is 6. The van der Waals surface area contributed by atoms with E-state index in [1.807, 2.05) is 13.8 Å². The van der Waals surface area contributed by atoms with Gasteiger partial charge in [0.15, 0.2) is 5.52 Å². The van der Waals surface area contributed by atoms with Gasteiger partial charge in [-0.1, -0.05) is 0 Å². The van der Waals surface area contributed by atoms with E-state index in [2.05, 4.69) is 20.2 Å². The van der Waals surface area contributed by atoms with Crippen molar-refractivity contribution in [2.75, 3.05) is 14.1 Å². The smallest absolute Gasteiger partial charge is 0.388 e. The number of aromatic nitrogens is 5. The molecule has 0 fully saturated rings. The minimum Gasteiger partial charge on any atom is -0.388 e. The molecule has 0 bridgehead atoms. The lowest BCUT2D eigenvalue weighted by Crippen LogP contribution is -2.25. The molecule has 0 N–H and O–H groups in total. The van der Waals surface area contributed by atoms with Gasteiger partial charge < -0.3 is 9.64 Å². The van der Waals surface area contributed by atoms with Crippen LogP contribution >= 0.6 is 11.6 Å². The summed E-state index contributed by atoms with van der Waals surface area (Å²) in [4.78, 5) is 22.1. The summed E-state index contributed by atoms with van der Waals surface area (Å²) in [5.41, 5.74) is 0.587. The van der Waals surface area contributed by atoms with Gasteiger partial charge in [-0.05, 0) is 25.4 Å². The molecule has 0 aliphatic heterocycles. The van der Waals surface area contributed by atoms with Gasteiger partial charge in [0, 0.05) is 14.1 Å². The molecule has 2 aromatic rings. The van der Waals surface area contributed by atoms with Crippen LogP contribution < -0.4 is 4.74 Å². The minimum atomic E-state index is -0.574. The Morgan fingerprint density at radius 1 is 1.32 bits per heavy atom. The average Bonchev–Trinajstić information content (AvgIpc) is 2.72. The first kappa shape index (κ1) is 13.5. The van der Waals surface area contributed by atoms with Crippen molar-refractivity contribution >= 4 is 28.9 Å². The van der Waals surface area contributed by atoms with Crippen molar-refractivity contribution in [1.82, 2.24) is 29.9 Å². The van der Waals surface area contributed by atoms with E-state index in [1.165, 1.54) is 9.70 Å². The molecule has 2 aromatic heterocycles. The van der Waals surface area contributed by atoms with E-state index in [-0.39, 0.29) is 22.9 Å². The highest BCUT2D eigenvalue weighted by atomic mass is 35.5. The van der Waals surface area contributed by atoms with Gasteiger partial charge in [0.25, 0.3) is 5.88 Å². The summed E-state index contributed by atoms with van der Waals surface area (Å²) in [5, 5.41) is 8.29. The van der Waals surface area contributed by atoms with Crippen LogP contribution in [0.5, 0.6) is 5.88 Å². The van der Waals surface area contributed by atoms with Gasteiger partial charge in [0.1, 0.15) is 0 Å². The first-order chi connectivity index (χ1) is 8.88. The number of fused-ring (bicyclic) bond motifs is 1. The van der Waals surface area contributed by atoms with Crippen LogP contribution in [0.3, 0.4) is 0 Å². The first-order valence-electron chi connectivity index (χ1n) is 5.57. The molecule has 0 saturated carbocycles. The third-order valence-electron chi connectivity index (χ3n) is 2.22. The zero-order chi connectivity index (χ0) is 14.2. The molecule has 102 valence electrons. The maximum absolute atomic E-state index is 11.6. The van der Waals surface area contributed by atoms with Crippen molar-refractivity contribution in [2.24, 2.45) is 0 Å². The Kier molecular flexibility index (Phi) is 3.52. The second kappa shape index (κ2) is 4.96. The lowest BCUT2D eigenvalue weighted by atomic mass is 10.4. The number of hydrogen-bond donors (Lipinski definition) is 0. The van der Waals surface area contributed by atoms with Crippen LogP contribution in [0.2, 0.25) is 5.28 Å². The van der Waals surface area contributed by atoms with Gasteiger partial charge in [0.05, 0.1) is 6.04 Å².